The van der Waals surface area contributed by atoms with Crippen molar-refractivity contribution in [2.75, 3.05) is 6.54 Å². The molecule has 3 nitrogen and oxygen atoms in total. The number of carbonyl (C=O) groups excluding carboxylic acids is 1. The Balaban J connectivity index is 1.64. The quantitative estimate of drug-likeness (QED) is 0.873. The molecule has 1 saturated carbocycles. The largest absolute Gasteiger partial charge is 0.352 e. The van der Waals surface area contributed by atoms with Gasteiger partial charge < -0.3 is 9.88 Å². The number of nitrogens with zero attached hydrogens (tertiary/aromatic N) is 1. The first-order chi connectivity index (χ1) is 11.0. The van der Waals surface area contributed by atoms with Crippen molar-refractivity contribution in [3.8, 4) is 0 Å². The minimum absolute atomic E-state index is 0.0855. The number of rotatable bonds is 5. The van der Waals surface area contributed by atoms with Gasteiger partial charge in [0.05, 0.1) is 10.6 Å². The van der Waals surface area contributed by atoms with Gasteiger partial charge in [-0.3, -0.25) is 4.79 Å². The smallest absolute Gasteiger partial charge is 0.255 e. The van der Waals surface area contributed by atoms with Gasteiger partial charge in [0, 0.05) is 24.0 Å². The van der Waals surface area contributed by atoms with Crippen LogP contribution in [0.3, 0.4) is 0 Å². The van der Waals surface area contributed by atoms with Gasteiger partial charge in [0.2, 0.25) is 0 Å². The molecule has 0 atom stereocenters. The summed E-state index contributed by atoms with van der Waals surface area (Å²) in [5.41, 5.74) is 3.68. The Morgan fingerprint density at radius 2 is 2.13 bits per heavy atom. The third-order valence-corrected chi connectivity index (χ3v) is 4.69. The molecule has 0 aliphatic heterocycles. The van der Waals surface area contributed by atoms with Crippen LogP contribution in [0.4, 0.5) is 4.39 Å². The van der Waals surface area contributed by atoms with Gasteiger partial charge in [-0.05, 0) is 56.9 Å². The molecule has 1 N–H and O–H groups in total. The predicted octanol–water partition coefficient (Wildman–Crippen LogP) is 4.20. The van der Waals surface area contributed by atoms with Crippen molar-refractivity contribution >= 4 is 17.5 Å². The molecule has 1 aliphatic carbocycles. The zero-order chi connectivity index (χ0) is 16.6. The maximum atomic E-state index is 13.7. The van der Waals surface area contributed by atoms with Crippen LogP contribution < -0.4 is 5.32 Å². The molecule has 23 heavy (non-hydrogen) atoms. The van der Waals surface area contributed by atoms with Gasteiger partial charge in [0.15, 0.2) is 0 Å². The van der Waals surface area contributed by atoms with E-state index in [-0.39, 0.29) is 10.6 Å². The second-order valence-electron chi connectivity index (χ2n) is 6.10. The van der Waals surface area contributed by atoms with E-state index >= 15 is 0 Å². The van der Waals surface area contributed by atoms with Gasteiger partial charge in [-0.25, -0.2) is 4.39 Å². The van der Waals surface area contributed by atoms with Crippen LogP contribution in [0.5, 0.6) is 0 Å². The molecule has 1 fully saturated rings. The maximum Gasteiger partial charge on any atom is 0.255 e. The molecule has 1 aromatic heterocycles. The van der Waals surface area contributed by atoms with Crippen molar-refractivity contribution in [3.63, 3.8) is 0 Å². The van der Waals surface area contributed by atoms with E-state index in [2.05, 4.69) is 29.8 Å². The van der Waals surface area contributed by atoms with E-state index in [1.807, 2.05) is 0 Å². The van der Waals surface area contributed by atoms with E-state index in [0.717, 1.165) is 6.42 Å². The van der Waals surface area contributed by atoms with E-state index in [9.17, 15) is 9.18 Å². The number of hydrogen-bond acceptors (Lipinski definition) is 1. The molecule has 5 heteroatoms. The molecule has 1 aromatic carbocycles. The molecule has 3 rings (SSSR count). The standard InChI is InChI=1S/C18H20ClFN2O/c1-11-10-13(12(2)22(11)14-6-7-14)8-9-21-18(23)17-15(19)4-3-5-16(17)20/h3-5,10,14H,6-9H2,1-2H3,(H,21,23). The van der Waals surface area contributed by atoms with Crippen molar-refractivity contribution in [1.82, 2.24) is 9.88 Å². The Kier molecular flexibility index (Phi) is 4.44. The Morgan fingerprint density at radius 3 is 2.78 bits per heavy atom. The van der Waals surface area contributed by atoms with E-state index in [1.165, 1.54) is 48.0 Å². The van der Waals surface area contributed by atoms with Gasteiger partial charge in [-0.2, -0.15) is 0 Å². The fourth-order valence-electron chi connectivity index (χ4n) is 3.11. The average Bonchev–Trinajstić information content (AvgIpc) is 3.26. The fraction of sp³-hybridized carbons (Fsp3) is 0.389. The summed E-state index contributed by atoms with van der Waals surface area (Å²) in [6.07, 6.45) is 3.22. The lowest BCUT2D eigenvalue weighted by atomic mass is 10.1. The second kappa shape index (κ2) is 6.36. The zero-order valence-corrected chi connectivity index (χ0v) is 14.1. The molecule has 0 saturated heterocycles. The number of aromatic nitrogens is 1. The number of halogens is 2. The van der Waals surface area contributed by atoms with Crippen molar-refractivity contribution in [2.24, 2.45) is 0 Å². The maximum absolute atomic E-state index is 13.7. The number of carbonyl (C=O) groups is 1. The molecule has 0 bridgehead atoms. The lowest BCUT2D eigenvalue weighted by Crippen LogP contribution is -2.27. The van der Waals surface area contributed by atoms with Crippen LogP contribution in [-0.2, 0) is 6.42 Å². The number of benzene rings is 1. The minimum atomic E-state index is -0.595. The first kappa shape index (κ1) is 16.1. The van der Waals surface area contributed by atoms with Crippen molar-refractivity contribution in [2.45, 2.75) is 39.2 Å². The van der Waals surface area contributed by atoms with Crippen LogP contribution in [0.1, 0.15) is 46.2 Å². The Hall–Kier alpha value is -1.81. The van der Waals surface area contributed by atoms with E-state index in [0.29, 0.717) is 12.6 Å². The van der Waals surface area contributed by atoms with Crippen LogP contribution in [0.2, 0.25) is 5.02 Å². The number of hydrogen-bond donors (Lipinski definition) is 1. The van der Waals surface area contributed by atoms with Gasteiger partial charge in [0.1, 0.15) is 5.82 Å². The topological polar surface area (TPSA) is 34.0 Å². The van der Waals surface area contributed by atoms with Gasteiger partial charge >= 0.3 is 0 Å². The summed E-state index contributed by atoms with van der Waals surface area (Å²) >= 11 is 5.91. The predicted molar refractivity (Wildman–Crippen MR) is 89.6 cm³/mol. The molecule has 0 radical (unpaired) electrons. The average molecular weight is 335 g/mol. The molecule has 2 aromatic rings. The Bertz CT molecular complexity index is 729. The van der Waals surface area contributed by atoms with Gasteiger partial charge in [0.25, 0.3) is 5.91 Å². The summed E-state index contributed by atoms with van der Waals surface area (Å²) in [6, 6.07) is 7.07. The Labute approximate surface area is 140 Å². The molecule has 0 spiro atoms. The first-order valence-corrected chi connectivity index (χ1v) is 8.26. The minimum Gasteiger partial charge on any atom is -0.352 e. The van der Waals surface area contributed by atoms with Crippen molar-refractivity contribution in [1.29, 1.82) is 0 Å². The molecular weight excluding hydrogens is 315 g/mol. The number of aryl methyl sites for hydroxylation is 1. The highest BCUT2D eigenvalue weighted by atomic mass is 35.5. The summed E-state index contributed by atoms with van der Waals surface area (Å²) in [4.78, 5) is 12.1. The second-order valence-corrected chi connectivity index (χ2v) is 6.51. The van der Waals surface area contributed by atoms with E-state index in [4.69, 9.17) is 11.6 Å². The van der Waals surface area contributed by atoms with Crippen molar-refractivity contribution in [3.05, 3.63) is 57.6 Å². The van der Waals surface area contributed by atoms with Crippen LogP contribution in [0.25, 0.3) is 0 Å². The molecule has 1 amide bonds. The van der Waals surface area contributed by atoms with Gasteiger partial charge in [-0.1, -0.05) is 17.7 Å². The van der Waals surface area contributed by atoms with Crippen LogP contribution in [-0.4, -0.2) is 17.0 Å². The molecule has 1 heterocycles. The third-order valence-electron chi connectivity index (χ3n) is 4.37. The molecule has 0 unspecified atom stereocenters. The molecule has 122 valence electrons. The normalized spacial score (nSPS) is 14.1. The first-order valence-electron chi connectivity index (χ1n) is 7.88. The molecular formula is C18H20ClFN2O. The highest BCUT2D eigenvalue weighted by Crippen LogP contribution is 2.38. The molecule has 1 aliphatic rings. The summed E-state index contributed by atoms with van der Waals surface area (Å²) < 4.78 is 16.1. The summed E-state index contributed by atoms with van der Waals surface area (Å²) in [7, 11) is 0. The summed E-state index contributed by atoms with van der Waals surface area (Å²) in [6.45, 7) is 4.70. The SMILES string of the molecule is Cc1cc(CCNC(=O)c2c(F)cccc2Cl)c(C)n1C1CC1. The van der Waals surface area contributed by atoms with Crippen LogP contribution >= 0.6 is 11.6 Å². The lowest BCUT2D eigenvalue weighted by molar-refractivity contribution is 0.0950. The van der Waals surface area contributed by atoms with E-state index in [1.54, 1.807) is 0 Å². The number of nitrogens with one attached hydrogen (secondary N) is 1. The van der Waals surface area contributed by atoms with Gasteiger partial charge in [-0.15, -0.1) is 0 Å². The lowest BCUT2D eigenvalue weighted by Gasteiger charge is -2.09. The third kappa shape index (κ3) is 3.27. The number of amides is 1. The zero-order valence-electron chi connectivity index (χ0n) is 13.3. The van der Waals surface area contributed by atoms with Crippen LogP contribution in [0, 0.1) is 19.7 Å². The van der Waals surface area contributed by atoms with Crippen molar-refractivity contribution < 1.29 is 9.18 Å². The fourth-order valence-corrected chi connectivity index (χ4v) is 3.36. The Morgan fingerprint density at radius 1 is 1.39 bits per heavy atom. The summed E-state index contributed by atoms with van der Waals surface area (Å²) in [5.74, 6) is -1.06. The monoisotopic (exact) mass is 334 g/mol. The van der Waals surface area contributed by atoms with E-state index < -0.39 is 11.7 Å². The van der Waals surface area contributed by atoms with Crippen LogP contribution in [0.15, 0.2) is 24.3 Å². The summed E-state index contributed by atoms with van der Waals surface area (Å²) in [5, 5.41) is 2.89. The highest BCUT2D eigenvalue weighted by Gasteiger charge is 2.26. The highest BCUT2D eigenvalue weighted by molar-refractivity contribution is 6.33.